The van der Waals surface area contributed by atoms with Crippen LogP contribution in [0.4, 0.5) is 8.78 Å². The van der Waals surface area contributed by atoms with Gasteiger partial charge in [-0.25, -0.2) is 8.78 Å². The molecule has 0 bridgehead atoms. The Morgan fingerprint density at radius 3 is 2.43 bits per heavy atom. The molecule has 0 aliphatic rings. The lowest BCUT2D eigenvalue weighted by Crippen LogP contribution is -2.13. The number of ether oxygens (including phenoxy) is 1. The van der Waals surface area contributed by atoms with Gasteiger partial charge < -0.3 is 15.7 Å². The molecule has 7 heteroatoms. The van der Waals surface area contributed by atoms with Crippen LogP contribution in [0.1, 0.15) is 11.1 Å². The fourth-order valence-corrected chi connectivity index (χ4v) is 1.98. The summed E-state index contributed by atoms with van der Waals surface area (Å²) < 4.78 is 31.5. The highest BCUT2D eigenvalue weighted by atomic mass is 35.5. The van der Waals surface area contributed by atoms with E-state index in [2.05, 4.69) is 5.16 Å². The number of amidine groups is 1. The zero-order valence-corrected chi connectivity index (χ0v) is 11.4. The van der Waals surface area contributed by atoms with E-state index in [-0.39, 0.29) is 17.5 Å². The Labute approximate surface area is 124 Å². The van der Waals surface area contributed by atoms with E-state index in [9.17, 15) is 8.78 Å². The molecule has 4 nitrogen and oxygen atoms in total. The third-order valence-corrected chi connectivity index (χ3v) is 2.96. The van der Waals surface area contributed by atoms with Gasteiger partial charge in [-0.3, -0.25) is 0 Å². The molecule has 0 saturated heterocycles. The number of nitrogens with two attached hydrogens (primary N) is 1. The molecule has 0 unspecified atom stereocenters. The predicted molar refractivity (Wildman–Crippen MR) is 74.7 cm³/mol. The van der Waals surface area contributed by atoms with E-state index < -0.39 is 11.6 Å². The lowest BCUT2D eigenvalue weighted by atomic mass is 10.2. The molecule has 0 radical (unpaired) electrons. The SMILES string of the molecule is N/C(=N/O)c1ccc(OCc2cc(F)cc(F)c2)cc1Cl. The molecule has 110 valence electrons. The Bertz CT molecular complexity index is 672. The Morgan fingerprint density at radius 1 is 1.19 bits per heavy atom. The first-order valence-corrected chi connectivity index (χ1v) is 6.22. The molecule has 2 rings (SSSR count). The second-order valence-electron chi connectivity index (χ2n) is 4.19. The minimum absolute atomic E-state index is 0.0199. The van der Waals surface area contributed by atoms with Crippen LogP contribution >= 0.6 is 11.6 Å². The molecule has 21 heavy (non-hydrogen) atoms. The van der Waals surface area contributed by atoms with Gasteiger partial charge in [0.2, 0.25) is 0 Å². The molecule has 0 atom stereocenters. The lowest BCUT2D eigenvalue weighted by Gasteiger charge is -2.09. The summed E-state index contributed by atoms with van der Waals surface area (Å²) in [6, 6.07) is 7.66. The van der Waals surface area contributed by atoms with Crippen molar-refractivity contribution in [2.75, 3.05) is 0 Å². The van der Waals surface area contributed by atoms with E-state index in [0.29, 0.717) is 16.9 Å². The molecule has 0 spiro atoms. The predicted octanol–water partition coefficient (Wildman–Crippen LogP) is 3.29. The van der Waals surface area contributed by atoms with Gasteiger partial charge in [-0.05, 0) is 35.9 Å². The largest absolute Gasteiger partial charge is 0.489 e. The van der Waals surface area contributed by atoms with Crippen LogP contribution in [-0.4, -0.2) is 11.0 Å². The minimum Gasteiger partial charge on any atom is -0.489 e. The van der Waals surface area contributed by atoms with Crippen LogP contribution in [0.25, 0.3) is 0 Å². The van der Waals surface area contributed by atoms with Crippen molar-refractivity contribution in [3.63, 3.8) is 0 Å². The van der Waals surface area contributed by atoms with Crippen LogP contribution in [0.15, 0.2) is 41.6 Å². The highest BCUT2D eigenvalue weighted by molar-refractivity contribution is 6.34. The molecule has 0 aromatic heterocycles. The first-order valence-electron chi connectivity index (χ1n) is 5.85. The number of rotatable bonds is 4. The van der Waals surface area contributed by atoms with E-state index in [1.165, 1.54) is 24.3 Å². The second kappa shape index (κ2) is 6.41. The van der Waals surface area contributed by atoms with Crippen LogP contribution in [-0.2, 0) is 6.61 Å². The monoisotopic (exact) mass is 312 g/mol. The van der Waals surface area contributed by atoms with Crippen LogP contribution in [0.5, 0.6) is 5.75 Å². The number of halogens is 3. The van der Waals surface area contributed by atoms with E-state index in [0.717, 1.165) is 6.07 Å². The zero-order valence-electron chi connectivity index (χ0n) is 10.7. The van der Waals surface area contributed by atoms with Crippen LogP contribution < -0.4 is 10.5 Å². The van der Waals surface area contributed by atoms with Gasteiger partial charge in [0.1, 0.15) is 24.0 Å². The van der Waals surface area contributed by atoms with Crippen molar-refractivity contribution in [1.29, 1.82) is 0 Å². The van der Waals surface area contributed by atoms with Crippen LogP contribution in [0.3, 0.4) is 0 Å². The average Bonchev–Trinajstić information content (AvgIpc) is 2.43. The standard InChI is InChI=1S/C14H11ClF2N2O2/c15-13-6-11(1-2-12(13)14(18)19-20)21-7-8-3-9(16)5-10(17)4-8/h1-6,20H,7H2,(H2,18,19). The zero-order chi connectivity index (χ0) is 15.4. The number of benzene rings is 2. The lowest BCUT2D eigenvalue weighted by molar-refractivity contribution is 0.304. The van der Waals surface area contributed by atoms with E-state index >= 15 is 0 Å². The first kappa shape index (κ1) is 15.1. The van der Waals surface area contributed by atoms with E-state index in [4.69, 9.17) is 27.3 Å². The topological polar surface area (TPSA) is 67.8 Å². The Hall–Kier alpha value is -2.34. The third kappa shape index (κ3) is 3.82. The summed E-state index contributed by atoms with van der Waals surface area (Å²) in [5.41, 5.74) is 6.14. The van der Waals surface area contributed by atoms with E-state index in [1.807, 2.05) is 0 Å². The summed E-state index contributed by atoms with van der Waals surface area (Å²) in [5, 5.41) is 11.7. The van der Waals surface area contributed by atoms with Gasteiger partial charge in [-0.15, -0.1) is 0 Å². The molecular weight excluding hydrogens is 302 g/mol. The quantitative estimate of drug-likeness (QED) is 0.394. The first-order chi connectivity index (χ1) is 9.99. The van der Waals surface area contributed by atoms with Gasteiger partial charge >= 0.3 is 0 Å². The second-order valence-corrected chi connectivity index (χ2v) is 4.60. The summed E-state index contributed by atoms with van der Waals surface area (Å²) in [6.45, 7) is -0.0199. The highest BCUT2D eigenvalue weighted by Crippen LogP contribution is 2.23. The van der Waals surface area contributed by atoms with Crippen molar-refractivity contribution in [2.45, 2.75) is 6.61 Å². The normalized spacial score (nSPS) is 11.5. The van der Waals surface area contributed by atoms with Crippen molar-refractivity contribution in [3.05, 3.63) is 64.2 Å². The van der Waals surface area contributed by atoms with Gasteiger partial charge in [0.15, 0.2) is 5.84 Å². The molecule has 0 saturated carbocycles. The van der Waals surface area contributed by atoms with Crippen molar-refractivity contribution in [2.24, 2.45) is 10.9 Å². The van der Waals surface area contributed by atoms with Gasteiger partial charge in [-0.1, -0.05) is 16.8 Å². The highest BCUT2D eigenvalue weighted by Gasteiger charge is 2.08. The Kier molecular flexibility index (Phi) is 4.59. The Balaban J connectivity index is 2.12. The van der Waals surface area contributed by atoms with Crippen molar-refractivity contribution in [3.8, 4) is 5.75 Å². The summed E-state index contributed by atoms with van der Waals surface area (Å²) >= 11 is 5.96. The van der Waals surface area contributed by atoms with Gasteiger partial charge in [0.25, 0.3) is 0 Å². The molecule has 3 N–H and O–H groups in total. The number of nitrogens with zero attached hydrogens (tertiary/aromatic N) is 1. The molecule has 0 aliphatic heterocycles. The van der Waals surface area contributed by atoms with Crippen LogP contribution in [0, 0.1) is 11.6 Å². The maximum absolute atomic E-state index is 13.0. The van der Waals surface area contributed by atoms with E-state index in [1.54, 1.807) is 6.07 Å². The smallest absolute Gasteiger partial charge is 0.171 e. The molecule has 0 fully saturated rings. The molecule has 0 aliphatic carbocycles. The van der Waals surface area contributed by atoms with Crippen LogP contribution in [0.2, 0.25) is 5.02 Å². The van der Waals surface area contributed by atoms with Gasteiger partial charge in [-0.2, -0.15) is 0 Å². The van der Waals surface area contributed by atoms with Gasteiger partial charge in [0, 0.05) is 11.6 Å². The summed E-state index contributed by atoms with van der Waals surface area (Å²) in [7, 11) is 0. The van der Waals surface area contributed by atoms with Crippen molar-refractivity contribution < 1.29 is 18.7 Å². The molecular formula is C14H11ClF2N2O2. The summed E-state index contributed by atoms with van der Waals surface area (Å²) in [5.74, 6) is -1.08. The minimum atomic E-state index is -0.672. The maximum Gasteiger partial charge on any atom is 0.171 e. The Morgan fingerprint density at radius 2 is 1.86 bits per heavy atom. The summed E-state index contributed by atoms with van der Waals surface area (Å²) in [4.78, 5) is 0. The third-order valence-electron chi connectivity index (χ3n) is 2.65. The maximum atomic E-state index is 13.0. The fourth-order valence-electron chi connectivity index (χ4n) is 1.71. The molecule has 2 aromatic carbocycles. The molecule has 0 heterocycles. The molecule has 0 amide bonds. The average molecular weight is 313 g/mol. The van der Waals surface area contributed by atoms with Crippen molar-refractivity contribution >= 4 is 17.4 Å². The molecule has 2 aromatic rings. The summed E-state index contributed by atoms with van der Waals surface area (Å²) in [6.07, 6.45) is 0. The number of hydrogen-bond donors (Lipinski definition) is 2. The number of oxime groups is 1. The van der Waals surface area contributed by atoms with Crippen molar-refractivity contribution in [1.82, 2.24) is 0 Å². The van der Waals surface area contributed by atoms with Gasteiger partial charge in [0.05, 0.1) is 5.02 Å². The fraction of sp³-hybridized carbons (Fsp3) is 0.0714. The number of hydrogen-bond acceptors (Lipinski definition) is 3.